The third kappa shape index (κ3) is 1.37. The van der Waals surface area contributed by atoms with Crippen LogP contribution in [0, 0.1) is 0 Å². The van der Waals surface area contributed by atoms with E-state index in [1.807, 2.05) is 12.1 Å². The van der Waals surface area contributed by atoms with Crippen molar-refractivity contribution in [1.82, 2.24) is 20.3 Å². The highest BCUT2D eigenvalue weighted by molar-refractivity contribution is 6.30. The molecular formula is C9H5ClN4O. The molecule has 3 aromatic rings. The van der Waals surface area contributed by atoms with E-state index in [4.69, 9.17) is 11.6 Å². The Morgan fingerprint density at radius 2 is 1.93 bits per heavy atom. The summed E-state index contributed by atoms with van der Waals surface area (Å²) in [4.78, 5) is 7.20. The molecule has 0 spiro atoms. The molecule has 0 aliphatic heterocycles. The van der Waals surface area contributed by atoms with Crippen LogP contribution >= 0.6 is 11.6 Å². The molecule has 0 fully saturated rings. The Labute approximate surface area is 89.0 Å². The summed E-state index contributed by atoms with van der Waals surface area (Å²) in [7, 11) is 0. The second-order valence-electron chi connectivity index (χ2n) is 3.03. The van der Waals surface area contributed by atoms with Crippen molar-refractivity contribution in [2.24, 2.45) is 0 Å². The first-order chi connectivity index (χ1) is 7.33. The Morgan fingerprint density at radius 1 is 1.13 bits per heavy atom. The molecule has 74 valence electrons. The maximum atomic E-state index is 5.79. The van der Waals surface area contributed by atoms with E-state index in [0.717, 1.165) is 5.56 Å². The van der Waals surface area contributed by atoms with Crippen molar-refractivity contribution in [3.05, 3.63) is 29.3 Å². The first-order valence-electron chi connectivity index (χ1n) is 4.27. The Balaban J connectivity index is 2.13. The standard InChI is InChI=1S/C9H5ClN4O/c10-6-3-1-5(2-4-6)7-11-8-9(12-7)14-15-13-8/h1-4H,(H,11,12,13,14). The largest absolute Gasteiger partial charge is 0.318 e. The lowest BCUT2D eigenvalue weighted by atomic mass is 10.2. The topological polar surface area (TPSA) is 67.6 Å². The second kappa shape index (κ2) is 3.06. The Bertz CT molecular complexity index is 569. The molecule has 0 radical (unpaired) electrons. The number of fused-ring (bicyclic) bond motifs is 1. The Kier molecular flexibility index (Phi) is 1.72. The summed E-state index contributed by atoms with van der Waals surface area (Å²) in [6, 6.07) is 7.35. The van der Waals surface area contributed by atoms with Gasteiger partial charge in [-0.25, -0.2) is 9.61 Å². The number of halogens is 1. The van der Waals surface area contributed by atoms with Crippen molar-refractivity contribution in [3.8, 4) is 11.4 Å². The molecule has 0 bridgehead atoms. The highest BCUT2D eigenvalue weighted by Gasteiger charge is 2.08. The fourth-order valence-corrected chi connectivity index (χ4v) is 1.45. The van der Waals surface area contributed by atoms with Gasteiger partial charge in [0.25, 0.3) is 0 Å². The van der Waals surface area contributed by atoms with Gasteiger partial charge in [0.15, 0.2) is 0 Å². The van der Waals surface area contributed by atoms with Crippen molar-refractivity contribution < 1.29 is 4.63 Å². The van der Waals surface area contributed by atoms with Gasteiger partial charge in [0.2, 0.25) is 11.3 Å². The molecule has 0 atom stereocenters. The summed E-state index contributed by atoms with van der Waals surface area (Å²) in [6.45, 7) is 0. The summed E-state index contributed by atoms with van der Waals surface area (Å²) >= 11 is 5.79. The van der Waals surface area contributed by atoms with E-state index in [0.29, 0.717) is 22.1 Å². The third-order valence-corrected chi connectivity index (χ3v) is 2.30. The monoisotopic (exact) mass is 220 g/mol. The number of H-pyrrole nitrogens is 1. The molecule has 2 aromatic heterocycles. The summed E-state index contributed by atoms with van der Waals surface area (Å²) in [5.41, 5.74) is 1.94. The lowest BCUT2D eigenvalue weighted by Gasteiger charge is -1.95. The van der Waals surface area contributed by atoms with E-state index in [-0.39, 0.29) is 0 Å². The van der Waals surface area contributed by atoms with Crippen molar-refractivity contribution >= 4 is 22.9 Å². The van der Waals surface area contributed by atoms with Gasteiger partial charge in [-0.15, -0.1) is 0 Å². The minimum absolute atomic E-state index is 0.472. The van der Waals surface area contributed by atoms with Crippen LogP contribution in [0.3, 0.4) is 0 Å². The number of benzene rings is 1. The van der Waals surface area contributed by atoms with Crippen LogP contribution in [0.1, 0.15) is 0 Å². The highest BCUT2D eigenvalue weighted by Crippen LogP contribution is 2.20. The fraction of sp³-hybridized carbons (Fsp3) is 0. The average molecular weight is 221 g/mol. The van der Waals surface area contributed by atoms with Gasteiger partial charge in [0, 0.05) is 10.6 Å². The SMILES string of the molecule is Clc1ccc(-c2nc3nonc3[nH]2)cc1. The van der Waals surface area contributed by atoms with Crippen LogP contribution in [0.4, 0.5) is 0 Å². The fourth-order valence-electron chi connectivity index (χ4n) is 1.33. The maximum absolute atomic E-state index is 5.79. The van der Waals surface area contributed by atoms with E-state index < -0.39 is 0 Å². The van der Waals surface area contributed by atoms with E-state index in [1.54, 1.807) is 12.1 Å². The average Bonchev–Trinajstić information content (AvgIpc) is 2.78. The summed E-state index contributed by atoms with van der Waals surface area (Å²) in [5.74, 6) is 0.701. The predicted octanol–water partition coefficient (Wildman–Crippen LogP) is 2.27. The predicted molar refractivity (Wildman–Crippen MR) is 54.4 cm³/mol. The lowest BCUT2D eigenvalue weighted by Crippen LogP contribution is -1.80. The molecule has 2 heterocycles. The zero-order valence-corrected chi connectivity index (χ0v) is 8.19. The minimum Gasteiger partial charge on any atom is -0.318 e. The molecule has 15 heavy (non-hydrogen) atoms. The number of hydrogen-bond donors (Lipinski definition) is 1. The quantitative estimate of drug-likeness (QED) is 0.683. The van der Waals surface area contributed by atoms with Gasteiger partial charge in [-0.2, -0.15) is 0 Å². The molecular weight excluding hydrogens is 216 g/mol. The molecule has 0 aliphatic carbocycles. The highest BCUT2D eigenvalue weighted by atomic mass is 35.5. The van der Waals surface area contributed by atoms with Crippen molar-refractivity contribution in [2.45, 2.75) is 0 Å². The molecule has 1 aromatic carbocycles. The van der Waals surface area contributed by atoms with Crippen LogP contribution in [0.15, 0.2) is 28.9 Å². The van der Waals surface area contributed by atoms with Crippen LogP contribution in [0.5, 0.6) is 0 Å². The zero-order chi connectivity index (χ0) is 10.3. The minimum atomic E-state index is 0.472. The van der Waals surface area contributed by atoms with Gasteiger partial charge in [-0.05, 0) is 34.6 Å². The molecule has 3 rings (SSSR count). The van der Waals surface area contributed by atoms with Gasteiger partial charge in [-0.1, -0.05) is 11.6 Å². The zero-order valence-electron chi connectivity index (χ0n) is 7.44. The molecule has 0 saturated heterocycles. The number of aromatic nitrogens is 4. The van der Waals surface area contributed by atoms with Gasteiger partial charge in [0.05, 0.1) is 0 Å². The normalized spacial score (nSPS) is 11.0. The number of hydrogen-bond acceptors (Lipinski definition) is 4. The van der Waals surface area contributed by atoms with Gasteiger partial charge in [0.1, 0.15) is 5.82 Å². The molecule has 0 amide bonds. The van der Waals surface area contributed by atoms with Crippen molar-refractivity contribution in [3.63, 3.8) is 0 Å². The van der Waals surface area contributed by atoms with Gasteiger partial charge in [-0.3, -0.25) is 0 Å². The van der Waals surface area contributed by atoms with E-state index in [1.165, 1.54) is 0 Å². The number of imidazole rings is 1. The number of nitrogens with one attached hydrogen (secondary N) is 1. The Morgan fingerprint density at radius 3 is 2.67 bits per heavy atom. The van der Waals surface area contributed by atoms with Gasteiger partial charge < -0.3 is 4.98 Å². The second-order valence-corrected chi connectivity index (χ2v) is 3.47. The first-order valence-corrected chi connectivity index (χ1v) is 4.65. The van der Waals surface area contributed by atoms with Crippen molar-refractivity contribution in [2.75, 3.05) is 0 Å². The Hall–Kier alpha value is -1.88. The third-order valence-electron chi connectivity index (χ3n) is 2.04. The van der Waals surface area contributed by atoms with E-state index in [9.17, 15) is 0 Å². The number of nitrogens with zero attached hydrogens (tertiary/aromatic N) is 3. The van der Waals surface area contributed by atoms with E-state index >= 15 is 0 Å². The molecule has 0 aliphatic rings. The summed E-state index contributed by atoms with van der Waals surface area (Å²) in [5, 5.41) is 7.97. The number of aromatic amines is 1. The lowest BCUT2D eigenvalue weighted by molar-refractivity contribution is 0.313. The van der Waals surface area contributed by atoms with Crippen molar-refractivity contribution in [1.29, 1.82) is 0 Å². The first kappa shape index (κ1) is 8.43. The number of rotatable bonds is 1. The van der Waals surface area contributed by atoms with Crippen LogP contribution in [0.2, 0.25) is 5.02 Å². The molecule has 0 unspecified atom stereocenters. The van der Waals surface area contributed by atoms with E-state index in [2.05, 4.69) is 24.9 Å². The van der Waals surface area contributed by atoms with Crippen LogP contribution < -0.4 is 0 Å². The smallest absolute Gasteiger partial charge is 0.243 e. The molecule has 5 nitrogen and oxygen atoms in total. The molecule has 1 N–H and O–H groups in total. The van der Waals surface area contributed by atoms with Crippen LogP contribution in [-0.4, -0.2) is 20.3 Å². The maximum Gasteiger partial charge on any atom is 0.243 e. The van der Waals surface area contributed by atoms with Gasteiger partial charge >= 0.3 is 0 Å². The van der Waals surface area contributed by atoms with Crippen LogP contribution in [-0.2, 0) is 0 Å². The van der Waals surface area contributed by atoms with Crippen LogP contribution in [0.25, 0.3) is 22.7 Å². The molecule has 6 heteroatoms. The summed E-state index contributed by atoms with van der Waals surface area (Å²) < 4.78 is 4.50. The molecule has 0 saturated carbocycles. The summed E-state index contributed by atoms with van der Waals surface area (Å²) in [6.07, 6.45) is 0.